The summed E-state index contributed by atoms with van der Waals surface area (Å²) < 4.78 is 13.9. The van der Waals surface area contributed by atoms with Gasteiger partial charge < -0.3 is 4.74 Å². The van der Waals surface area contributed by atoms with Gasteiger partial charge in [-0.15, -0.1) is 43.1 Å². The molecule has 0 atom stereocenters. The summed E-state index contributed by atoms with van der Waals surface area (Å²) in [6.45, 7) is 9.97. The van der Waals surface area contributed by atoms with Crippen LogP contribution in [0, 0.1) is 0 Å². The van der Waals surface area contributed by atoms with Crippen LogP contribution in [0.3, 0.4) is 0 Å². The number of hydrogen-bond acceptors (Lipinski definition) is 8. The molecule has 0 unspecified atom stereocenters. The number of benzene rings is 7. The van der Waals surface area contributed by atoms with E-state index in [-0.39, 0.29) is 0 Å². The van der Waals surface area contributed by atoms with Crippen molar-refractivity contribution in [1.29, 1.82) is 0 Å². The molecule has 0 bridgehead atoms. The molecule has 316 valence electrons. The monoisotopic (exact) mass is 929 g/mol. The van der Waals surface area contributed by atoms with Crippen molar-refractivity contribution in [3.05, 3.63) is 198 Å². The zero-order chi connectivity index (χ0) is 44.0. The predicted molar refractivity (Wildman–Crippen MR) is 274 cm³/mol. The number of fused-ring (bicyclic) bond motifs is 7. The van der Waals surface area contributed by atoms with Gasteiger partial charge in [-0.05, 0) is 63.2 Å². The molecule has 0 fully saturated rings. The van der Waals surface area contributed by atoms with E-state index in [1.165, 1.54) is 31.9 Å². The topological polar surface area (TPSA) is 83.0 Å². The maximum Gasteiger partial charge on any atom is 0.220 e. The van der Waals surface area contributed by atoms with Gasteiger partial charge in [0.25, 0.3) is 0 Å². The lowest BCUT2D eigenvalue weighted by Crippen LogP contribution is -2.77. The molecule has 65 heavy (non-hydrogen) atoms. The minimum atomic E-state index is -3.31. The predicted octanol–water partition coefficient (Wildman–Crippen LogP) is 8.21. The Labute approximate surface area is 387 Å². The van der Waals surface area contributed by atoms with Gasteiger partial charge in [0, 0.05) is 21.5 Å². The second-order valence-electron chi connectivity index (χ2n) is 17.9. The number of ether oxygens (including phenoxy) is 1. The fourth-order valence-corrected chi connectivity index (χ4v) is 32.9. The summed E-state index contributed by atoms with van der Waals surface area (Å²) >= 11 is 3.35. The summed E-state index contributed by atoms with van der Waals surface area (Å²) in [6.07, 6.45) is 0. The Hall–Kier alpha value is -6.62. The van der Waals surface area contributed by atoms with Gasteiger partial charge in [0.05, 0.1) is 31.3 Å². The second kappa shape index (κ2) is 15.0. The Balaban J connectivity index is 1.22. The molecule has 8 nitrogen and oxygen atoms in total. The summed E-state index contributed by atoms with van der Waals surface area (Å²) in [6, 6.07) is 64.4. The molecule has 11 aromatic rings. The molecular formula is C52H43N7OS2Si3. The number of aromatic nitrogens is 7. The minimum Gasteiger partial charge on any atom is -0.457 e. The van der Waals surface area contributed by atoms with E-state index in [4.69, 9.17) is 19.9 Å². The van der Waals surface area contributed by atoms with Gasteiger partial charge >= 0.3 is 0 Å². The van der Waals surface area contributed by atoms with E-state index >= 15 is 0 Å². The van der Waals surface area contributed by atoms with Crippen molar-refractivity contribution in [3.63, 3.8) is 0 Å². The molecule has 0 spiro atoms. The Kier molecular flexibility index (Phi) is 9.20. The quantitative estimate of drug-likeness (QED) is 0.107. The van der Waals surface area contributed by atoms with Crippen LogP contribution in [0.5, 0.6) is 11.5 Å². The summed E-state index contributed by atoms with van der Waals surface area (Å²) in [5.41, 5.74) is 11.5. The van der Waals surface area contributed by atoms with Crippen molar-refractivity contribution in [2.24, 2.45) is 0 Å². The Bertz CT molecular complexity index is 3470. The highest BCUT2D eigenvalue weighted by atomic mass is 32.1. The molecule has 0 saturated heterocycles. The Morgan fingerprint density at radius 1 is 0.523 bits per heavy atom. The van der Waals surface area contributed by atoms with Crippen molar-refractivity contribution < 1.29 is 4.74 Å². The first-order valence-corrected chi connectivity index (χ1v) is 31.6. The van der Waals surface area contributed by atoms with Crippen LogP contribution in [0.4, 0.5) is 0 Å². The Morgan fingerprint density at radius 2 is 1.08 bits per heavy atom. The molecule has 1 aliphatic heterocycles. The molecule has 0 radical (unpaired) electrons. The number of imidazole rings is 2. The van der Waals surface area contributed by atoms with Crippen molar-refractivity contribution in [3.8, 4) is 17.2 Å². The number of nitrogens with zero attached hydrogens (tertiary/aromatic N) is 7. The van der Waals surface area contributed by atoms with E-state index in [1.54, 1.807) is 22.7 Å². The average molecular weight is 930 g/mol. The first kappa shape index (κ1) is 39.9. The van der Waals surface area contributed by atoms with Gasteiger partial charge in [0.15, 0.2) is 8.07 Å². The molecule has 4 aromatic heterocycles. The van der Waals surface area contributed by atoms with E-state index in [1.807, 2.05) is 11.0 Å². The zero-order valence-corrected chi connectivity index (χ0v) is 40.9. The van der Waals surface area contributed by atoms with Crippen molar-refractivity contribution >= 4 is 105 Å². The van der Waals surface area contributed by atoms with Crippen LogP contribution in [0.1, 0.15) is 11.1 Å². The highest BCUT2D eigenvalue weighted by molar-refractivity contribution is 7.31. The number of para-hydroxylation sites is 6. The SMILES string of the molecule is C[Si](C)(c1nncs1)C1([Si](C)(C)c2nncs2)c2ccccc2Oc2c1cccc2[Si](c1ccccc1)(c1ccccc1)c1cccc(-n2c3ccccc3n3c4ccccc4nc23)c1. The molecule has 0 amide bonds. The smallest absolute Gasteiger partial charge is 0.220 e. The highest BCUT2D eigenvalue weighted by Gasteiger charge is 2.66. The van der Waals surface area contributed by atoms with E-state index < -0.39 is 28.9 Å². The van der Waals surface area contributed by atoms with Crippen LogP contribution >= 0.6 is 22.7 Å². The van der Waals surface area contributed by atoms with Crippen molar-refractivity contribution in [1.82, 2.24) is 34.3 Å². The molecule has 13 heteroatoms. The summed E-state index contributed by atoms with van der Waals surface area (Å²) in [7, 11) is -8.78. The summed E-state index contributed by atoms with van der Waals surface area (Å²) in [5.74, 6) is 2.69. The first-order chi connectivity index (χ1) is 31.8. The van der Waals surface area contributed by atoms with Gasteiger partial charge in [-0.3, -0.25) is 8.97 Å². The van der Waals surface area contributed by atoms with Crippen molar-refractivity contribution in [2.75, 3.05) is 0 Å². The third-order valence-electron chi connectivity index (χ3n) is 14.0. The molecule has 0 saturated carbocycles. The fourth-order valence-electron chi connectivity index (χ4n) is 11.5. The number of hydrogen-bond donors (Lipinski definition) is 0. The molecule has 7 aromatic carbocycles. The third-order valence-corrected chi connectivity index (χ3v) is 34.5. The van der Waals surface area contributed by atoms with Crippen LogP contribution in [0.15, 0.2) is 187 Å². The van der Waals surface area contributed by atoms with Crippen LogP contribution < -0.4 is 34.7 Å². The first-order valence-electron chi connectivity index (χ1n) is 21.8. The van der Waals surface area contributed by atoms with Gasteiger partial charge in [-0.2, -0.15) is 0 Å². The summed E-state index contributed by atoms with van der Waals surface area (Å²) in [5, 5.41) is 23.8. The molecule has 1 aliphatic rings. The lowest BCUT2D eigenvalue weighted by atomic mass is 9.98. The van der Waals surface area contributed by atoms with Crippen LogP contribution in [-0.4, -0.2) is 58.6 Å². The lowest BCUT2D eigenvalue weighted by Gasteiger charge is -2.55. The van der Waals surface area contributed by atoms with Gasteiger partial charge in [0.1, 0.15) is 38.7 Å². The van der Waals surface area contributed by atoms with Crippen LogP contribution in [0.2, 0.25) is 26.2 Å². The van der Waals surface area contributed by atoms with Crippen LogP contribution in [-0.2, 0) is 4.66 Å². The fraction of sp³-hybridized carbons (Fsp3) is 0.0962. The standard InChI is InChI=1S/C52H43N7OS2Si3/c1-63(2,50-56-53-34-61-50)52(64(3,4)51-57-54-35-62-51)40-25-11-16-31-46(40)60-48-41(52)26-18-32-47(48)65(37-20-7-5-8-21-37,38-22-9-6-10-23-38)39-24-17-19-36(33-39)58-44-29-14-15-30-45(44)59-43-28-13-12-27-42(43)55-49(58)59/h5-35H,1-4H3. The van der Waals surface area contributed by atoms with Crippen LogP contribution in [0.25, 0.3) is 33.5 Å². The molecule has 12 rings (SSSR count). The highest BCUT2D eigenvalue weighted by Crippen LogP contribution is 2.56. The summed E-state index contributed by atoms with van der Waals surface area (Å²) in [4.78, 5) is 5.29. The normalized spacial score (nSPS) is 13.8. The van der Waals surface area contributed by atoms with E-state index in [0.29, 0.717) is 0 Å². The largest absolute Gasteiger partial charge is 0.457 e. The van der Waals surface area contributed by atoms with Crippen molar-refractivity contribution in [2.45, 2.75) is 30.8 Å². The van der Waals surface area contributed by atoms with E-state index in [9.17, 15) is 0 Å². The third kappa shape index (κ3) is 5.53. The lowest BCUT2D eigenvalue weighted by molar-refractivity contribution is 0.453. The van der Waals surface area contributed by atoms with E-state index in [0.717, 1.165) is 54.3 Å². The minimum absolute atomic E-state index is 0.507. The maximum absolute atomic E-state index is 7.61. The van der Waals surface area contributed by atoms with E-state index in [2.05, 4.69) is 221 Å². The molecule has 0 N–H and O–H groups in total. The molecular weight excluding hydrogens is 887 g/mol. The molecule has 5 heterocycles. The Morgan fingerprint density at radius 3 is 1.74 bits per heavy atom. The molecule has 0 aliphatic carbocycles. The van der Waals surface area contributed by atoms with Gasteiger partial charge in [-0.1, -0.05) is 160 Å². The van der Waals surface area contributed by atoms with Gasteiger partial charge in [-0.25, -0.2) is 4.98 Å². The number of rotatable bonds is 9. The zero-order valence-electron chi connectivity index (χ0n) is 36.3. The average Bonchev–Trinajstić information content (AvgIpc) is 4.19. The maximum atomic E-state index is 7.61. The second-order valence-corrected chi connectivity index (χ2v) is 33.5. The van der Waals surface area contributed by atoms with Gasteiger partial charge in [0.2, 0.25) is 5.78 Å².